The smallest absolute Gasteiger partial charge is 0.0512 e. The van der Waals surface area contributed by atoms with Gasteiger partial charge in [-0.3, -0.25) is 4.98 Å². The molecule has 0 fully saturated rings. The van der Waals surface area contributed by atoms with Gasteiger partial charge >= 0.3 is 0 Å². The molecule has 1 aromatic heterocycles. The molecule has 0 bridgehead atoms. The van der Waals surface area contributed by atoms with E-state index in [1.54, 1.807) is 0 Å². The van der Waals surface area contributed by atoms with Crippen molar-refractivity contribution >= 4 is 0 Å². The number of aliphatic hydroxyl groups excluding tert-OH is 1. The zero-order chi connectivity index (χ0) is 11.1. The molecule has 3 nitrogen and oxygen atoms in total. The van der Waals surface area contributed by atoms with Gasteiger partial charge in [-0.05, 0) is 51.1 Å². The molecule has 0 aliphatic carbocycles. The van der Waals surface area contributed by atoms with E-state index < -0.39 is 0 Å². The van der Waals surface area contributed by atoms with Crippen LogP contribution >= 0.6 is 0 Å². The first-order chi connectivity index (χ1) is 7.18. The highest BCUT2D eigenvalue weighted by molar-refractivity contribution is 5.09. The molecular formula is C12H20N2O. The zero-order valence-corrected chi connectivity index (χ0v) is 9.56. The van der Waals surface area contributed by atoms with Crippen molar-refractivity contribution in [1.29, 1.82) is 0 Å². The highest BCUT2D eigenvalue weighted by Gasteiger charge is 2.01. The van der Waals surface area contributed by atoms with Crippen molar-refractivity contribution < 1.29 is 5.11 Å². The number of aromatic nitrogens is 1. The predicted octanol–water partition coefficient (Wildman–Crippen LogP) is 1.67. The van der Waals surface area contributed by atoms with E-state index in [0.717, 1.165) is 25.9 Å². The summed E-state index contributed by atoms with van der Waals surface area (Å²) in [5.41, 5.74) is 1.28. The Hall–Kier alpha value is -0.930. The molecule has 0 saturated carbocycles. The van der Waals surface area contributed by atoms with Crippen molar-refractivity contribution in [2.45, 2.75) is 32.4 Å². The third-order valence-corrected chi connectivity index (χ3v) is 2.36. The van der Waals surface area contributed by atoms with Crippen LogP contribution < -0.4 is 0 Å². The molecule has 1 rings (SSSR count). The fourth-order valence-corrected chi connectivity index (χ4v) is 1.54. The van der Waals surface area contributed by atoms with Gasteiger partial charge in [0.2, 0.25) is 0 Å². The van der Waals surface area contributed by atoms with Crippen molar-refractivity contribution in [3.63, 3.8) is 0 Å². The average Bonchev–Trinajstić information content (AvgIpc) is 2.18. The average molecular weight is 208 g/mol. The van der Waals surface area contributed by atoms with Crippen LogP contribution in [-0.4, -0.2) is 34.7 Å². The first-order valence-corrected chi connectivity index (χ1v) is 5.44. The first-order valence-electron chi connectivity index (χ1n) is 5.44. The van der Waals surface area contributed by atoms with Crippen molar-refractivity contribution in [2.75, 3.05) is 13.6 Å². The number of pyridine rings is 1. The van der Waals surface area contributed by atoms with Gasteiger partial charge in [0.15, 0.2) is 0 Å². The van der Waals surface area contributed by atoms with Crippen LogP contribution in [0.25, 0.3) is 0 Å². The van der Waals surface area contributed by atoms with Crippen LogP contribution in [0.15, 0.2) is 24.5 Å². The molecule has 1 atom stereocenters. The quantitative estimate of drug-likeness (QED) is 0.772. The molecule has 0 radical (unpaired) electrons. The van der Waals surface area contributed by atoms with E-state index in [1.807, 2.05) is 31.5 Å². The van der Waals surface area contributed by atoms with Crippen LogP contribution in [0.2, 0.25) is 0 Å². The molecule has 0 saturated heterocycles. The molecule has 0 spiro atoms. The maximum atomic E-state index is 9.13. The van der Waals surface area contributed by atoms with E-state index in [-0.39, 0.29) is 6.10 Å². The lowest BCUT2D eigenvalue weighted by Crippen LogP contribution is -2.20. The lowest BCUT2D eigenvalue weighted by molar-refractivity contribution is 0.174. The third-order valence-electron chi connectivity index (χ3n) is 2.36. The summed E-state index contributed by atoms with van der Waals surface area (Å²) in [6, 6.07) is 4.07. The maximum absolute atomic E-state index is 9.13. The molecule has 1 unspecified atom stereocenters. The summed E-state index contributed by atoms with van der Waals surface area (Å²) >= 11 is 0. The molecule has 15 heavy (non-hydrogen) atoms. The first kappa shape index (κ1) is 12.1. The fourth-order valence-electron chi connectivity index (χ4n) is 1.54. The number of rotatable bonds is 6. The van der Waals surface area contributed by atoms with Crippen LogP contribution in [0.3, 0.4) is 0 Å². The number of hydrogen-bond acceptors (Lipinski definition) is 3. The molecule has 1 N–H and O–H groups in total. The Bertz CT molecular complexity index is 262. The normalized spacial score (nSPS) is 13.1. The molecule has 0 aliphatic heterocycles. The van der Waals surface area contributed by atoms with Crippen LogP contribution in [0.4, 0.5) is 0 Å². The van der Waals surface area contributed by atoms with Gasteiger partial charge in [-0.15, -0.1) is 0 Å². The Morgan fingerprint density at radius 2 is 2.07 bits per heavy atom. The van der Waals surface area contributed by atoms with Gasteiger partial charge in [-0.25, -0.2) is 0 Å². The van der Waals surface area contributed by atoms with Gasteiger partial charge in [0.05, 0.1) is 6.10 Å². The molecule has 84 valence electrons. The third kappa shape index (κ3) is 5.50. The largest absolute Gasteiger partial charge is 0.393 e. The standard InChI is InChI=1S/C12H20N2O/c1-11(15)4-3-9-14(2)10-12-5-7-13-8-6-12/h5-8,11,15H,3-4,9-10H2,1-2H3. The number of hydrogen-bond donors (Lipinski definition) is 1. The zero-order valence-electron chi connectivity index (χ0n) is 9.56. The Balaban J connectivity index is 2.21. The molecule has 0 aliphatic rings. The summed E-state index contributed by atoms with van der Waals surface area (Å²) in [6.45, 7) is 3.80. The SMILES string of the molecule is CC(O)CCCN(C)Cc1ccncc1. The van der Waals surface area contributed by atoms with E-state index >= 15 is 0 Å². The Kier molecular flexibility index (Phi) is 5.29. The van der Waals surface area contributed by atoms with Gasteiger partial charge in [-0.2, -0.15) is 0 Å². The highest BCUT2D eigenvalue weighted by Crippen LogP contribution is 2.03. The molecular weight excluding hydrogens is 188 g/mol. The van der Waals surface area contributed by atoms with Gasteiger partial charge in [0.1, 0.15) is 0 Å². The van der Waals surface area contributed by atoms with Crippen LogP contribution in [0.5, 0.6) is 0 Å². The van der Waals surface area contributed by atoms with E-state index in [9.17, 15) is 0 Å². The van der Waals surface area contributed by atoms with Gasteiger partial charge in [0.25, 0.3) is 0 Å². The summed E-state index contributed by atoms with van der Waals surface area (Å²) in [6.07, 6.45) is 5.37. The lowest BCUT2D eigenvalue weighted by Gasteiger charge is -2.16. The summed E-state index contributed by atoms with van der Waals surface area (Å²) < 4.78 is 0. The van der Waals surface area contributed by atoms with E-state index in [0.29, 0.717) is 0 Å². The fraction of sp³-hybridized carbons (Fsp3) is 0.583. The van der Waals surface area contributed by atoms with Crippen molar-refractivity contribution in [3.05, 3.63) is 30.1 Å². The van der Waals surface area contributed by atoms with E-state index in [4.69, 9.17) is 5.11 Å². The number of aliphatic hydroxyl groups is 1. The maximum Gasteiger partial charge on any atom is 0.0512 e. The summed E-state index contributed by atoms with van der Waals surface area (Å²) in [5.74, 6) is 0. The van der Waals surface area contributed by atoms with Crippen molar-refractivity contribution in [1.82, 2.24) is 9.88 Å². The van der Waals surface area contributed by atoms with Crippen LogP contribution in [-0.2, 0) is 6.54 Å². The number of nitrogens with zero attached hydrogens (tertiary/aromatic N) is 2. The Morgan fingerprint density at radius 3 is 2.67 bits per heavy atom. The predicted molar refractivity (Wildman–Crippen MR) is 61.5 cm³/mol. The van der Waals surface area contributed by atoms with Gasteiger partial charge < -0.3 is 10.0 Å². The second kappa shape index (κ2) is 6.53. The Morgan fingerprint density at radius 1 is 1.40 bits per heavy atom. The summed E-state index contributed by atoms with van der Waals surface area (Å²) in [5, 5.41) is 9.13. The molecule has 0 amide bonds. The minimum absolute atomic E-state index is 0.181. The topological polar surface area (TPSA) is 36.4 Å². The molecule has 1 heterocycles. The summed E-state index contributed by atoms with van der Waals surface area (Å²) in [4.78, 5) is 6.25. The van der Waals surface area contributed by atoms with Gasteiger partial charge in [-0.1, -0.05) is 0 Å². The highest BCUT2D eigenvalue weighted by atomic mass is 16.3. The minimum Gasteiger partial charge on any atom is -0.393 e. The second-order valence-electron chi connectivity index (χ2n) is 4.08. The lowest BCUT2D eigenvalue weighted by atomic mass is 10.2. The molecule has 0 aromatic carbocycles. The summed E-state index contributed by atoms with van der Waals surface area (Å²) in [7, 11) is 2.10. The molecule has 3 heteroatoms. The van der Waals surface area contributed by atoms with Gasteiger partial charge in [0, 0.05) is 18.9 Å². The minimum atomic E-state index is -0.181. The van der Waals surface area contributed by atoms with Crippen molar-refractivity contribution in [2.24, 2.45) is 0 Å². The van der Waals surface area contributed by atoms with Crippen LogP contribution in [0, 0.1) is 0 Å². The monoisotopic (exact) mass is 208 g/mol. The van der Waals surface area contributed by atoms with E-state index in [2.05, 4.69) is 16.9 Å². The Labute approximate surface area is 91.8 Å². The van der Waals surface area contributed by atoms with Crippen LogP contribution in [0.1, 0.15) is 25.3 Å². The molecule has 1 aromatic rings. The van der Waals surface area contributed by atoms with Crippen molar-refractivity contribution in [3.8, 4) is 0 Å². The second-order valence-corrected chi connectivity index (χ2v) is 4.08. The van der Waals surface area contributed by atoms with E-state index in [1.165, 1.54) is 5.56 Å².